The molecule has 0 heterocycles. The molecule has 0 aliphatic carbocycles. The molecular formula is C13H11FN4O3. The molecule has 8 heteroatoms. The summed E-state index contributed by atoms with van der Waals surface area (Å²) >= 11 is 0. The summed E-state index contributed by atoms with van der Waals surface area (Å²) in [5.74, 6) is -1.55. The number of amides is 1. The van der Waals surface area contributed by atoms with E-state index in [4.69, 9.17) is 10.5 Å². The van der Waals surface area contributed by atoms with E-state index in [0.717, 1.165) is 23.1 Å². The Morgan fingerprint density at radius 2 is 1.86 bits per heavy atom. The molecule has 0 bridgehead atoms. The van der Waals surface area contributed by atoms with Gasteiger partial charge in [-0.25, -0.2) is 4.39 Å². The van der Waals surface area contributed by atoms with Crippen molar-refractivity contribution in [3.63, 3.8) is 0 Å². The van der Waals surface area contributed by atoms with E-state index in [-0.39, 0.29) is 25.9 Å². The Hall–Kier alpha value is -3.00. The Bertz CT molecular complexity index is 615. The predicted octanol–water partition coefficient (Wildman–Crippen LogP) is 2.00. The standard InChI is InChI=1S/C13H11FN4O3/c14-10-3-4-12(18(20)21)11(9-10)13(19)17(7-1-5-15)8-2-6-16/h3-4,9H,1-2,7-8H2. The van der Waals surface area contributed by atoms with Crippen molar-refractivity contribution in [1.82, 2.24) is 4.90 Å². The van der Waals surface area contributed by atoms with Gasteiger partial charge in [0.15, 0.2) is 0 Å². The summed E-state index contributed by atoms with van der Waals surface area (Å²) in [6, 6.07) is 6.28. The first kappa shape index (κ1) is 16.1. The number of rotatable bonds is 6. The molecule has 1 aromatic rings. The lowest BCUT2D eigenvalue weighted by Gasteiger charge is -2.20. The lowest BCUT2D eigenvalue weighted by molar-refractivity contribution is -0.385. The Morgan fingerprint density at radius 3 is 2.33 bits per heavy atom. The zero-order chi connectivity index (χ0) is 15.8. The second-order valence-corrected chi connectivity index (χ2v) is 4.03. The van der Waals surface area contributed by atoms with Crippen LogP contribution in [0.15, 0.2) is 18.2 Å². The van der Waals surface area contributed by atoms with E-state index in [1.165, 1.54) is 0 Å². The summed E-state index contributed by atoms with van der Waals surface area (Å²) in [6.45, 7) is 0.0371. The quantitative estimate of drug-likeness (QED) is 0.587. The lowest BCUT2D eigenvalue weighted by Crippen LogP contribution is -2.33. The Balaban J connectivity index is 3.13. The fourth-order valence-electron chi connectivity index (χ4n) is 1.69. The fraction of sp³-hybridized carbons (Fsp3) is 0.308. The van der Waals surface area contributed by atoms with Crippen LogP contribution in [0.5, 0.6) is 0 Å². The highest BCUT2D eigenvalue weighted by Crippen LogP contribution is 2.21. The van der Waals surface area contributed by atoms with Crippen LogP contribution >= 0.6 is 0 Å². The molecule has 0 N–H and O–H groups in total. The number of nitrogens with zero attached hydrogens (tertiary/aromatic N) is 4. The zero-order valence-corrected chi connectivity index (χ0v) is 11.0. The molecule has 0 saturated carbocycles. The van der Waals surface area contributed by atoms with Crippen LogP contribution in [0.1, 0.15) is 23.2 Å². The number of hydrogen-bond donors (Lipinski definition) is 0. The normalized spacial score (nSPS) is 9.48. The second kappa shape index (κ2) is 7.56. The SMILES string of the molecule is N#CCCN(CCC#N)C(=O)c1cc(F)ccc1[N+](=O)[O-]. The van der Waals surface area contributed by atoms with Crippen molar-refractivity contribution in [3.05, 3.63) is 39.7 Å². The summed E-state index contributed by atoms with van der Waals surface area (Å²) in [5.41, 5.74) is -0.906. The van der Waals surface area contributed by atoms with E-state index in [9.17, 15) is 19.3 Å². The van der Waals surface area contributed by atoms with Crippen molar-refractivity contribution < 1.29 is 14.1 Å². The van der Waals surface area contributed by atoms with Gasteiger partial charge >= 0.3 is 0 Å². The van der Waals surface area contributed by atoms with Gasteiger partial charge in [0.2, 0.25) is 0 Å². The van der Waals surface area contributed by atoms with Gasteiger partial charge in [0.05, 0.1) is 29.9 Å². The number of nitriles is 2. The summed E-state index contributed by atoms with van der Waals surface area (Å²) in [6.07, 6.45) is 0.0283. The van der Waals surface area contributed by atoms with Gasteiger partial charge < -0.3 is 4.90 Å². The molecule has 21 heavy (non-hydrogen) atoms. The smallest absolute Gasteiger partial charge is 0.282 e. The van der Waals surface area contributed by atoms with E-state index in [1.807, 2.05) is 12.1 Å². The van der Waals surface area contributed by atoms with Gasteiger partial charge in [-0.05, 0) is 12.1 Å². The van der Waals surface area contributed by atoms with E-state index in [2.05, 4.69) is 0 Å². The summed E-state index contributed by atoms with van der Waals surface area (Å²) < 4.78 is 13.2. The van der Waals surface area contributed by atoms with Crippen LogP contribution in [0.4, 0.5) is 10.1 Å². The Kier molecular flexibility index (Phi) is 5.78. The third-order valence-corrected chi connectivity index (χ3v) is 2.66. The van der Waals surface area contributed by atoms with Crippen LogP contribution in [0, 0.1) is 38.6 Å². The monoisotopic (exact) mass is 290 g/mol. The van der Waals surface area contributed by atoms with Gasteiger partial charge in [0, 0.05) is 19.2 Å². The van der Waals surface area contributed by atoms with Crippen molar-refractivity contribution in [1.29, 1.82) is 10.5 Å². The second-order valence-electron chi connectivity index (χ2n) is 4.03. The molecule has 0 spiro atoms. The minimum atomic E-state index is -0.778. The molecule has 108 valence electrons. The summed E-state index contributed by atoms with van der Waals surface area (Å²) in [7, 11) is 0. The van der Waals surface area contributed by atoms with Gasteiger partial charge in [-0.15, -0.1) is 0 Å². The number of nitro groups is 1. The highest BCUT2D eigenvalue weighted by Gasteiger charge is 2.25. The van der Waals surface area contributed by atoms with Crippen molar-refractivity contribution in [2.75, 3.05) is 13.1 Å². The summed E-state index contributed by atoms with van der Waals surface area (Å²) in [4.78, 5) is 23.5. The van der Waals surface area contributed by atoms with Crippen molar-refractivity contribution in [2.45, 2.75) is 12.8 Å². The van der Waals surface area contributed by atoms with Crippen LogP contribution in [-0.2, 0) is 0 Å². The number of hydrogen-bond acceptors (Lipinski definition) is 5. The molecule has 1 aromatic carbocycles. The third kappa shape index (κ3) is 4.25. The molecule has 7 nitrogen and oxygen atoms in total. The van der Waals surface area contributed by atoms with Gasteiger partial charge in [0.25, 0.3) is 11.6 Å². The molecule has 1 rings (SSSR count). The first-order chi connectivity index (χ1) is 10.0. The van der Waals surface area contributed by atoms with E-state index in [0.29, 0.717) is 0 Å². The topological polar surface area (TPSA) is 111 Å². The van der Waals surface area contributed by atoms with Gasteiger partial charge in [0.1, 0.15) is 11.4 Å². The maximum atomic E-state index is 13.2. The van der Waals surface area contributed by atoms with E-state index >= 15 is 0 Å². The first-order valence-electron chi connectivity index (χ1n) is 5.98. The zero-order valence-electron chi connectivity index (χ0n) is 11.0. The molecule has 0 fully saturated rings. The minimum absolute atomic E-state index is 0.0142. The van der Waals surface area contributed by atoms with Crippen LogP contribution in [-0.4, -0.2) is 28.8 Å². The molecule has 0 saturated heterocycles. The van der Waals surface area contributed by atoms with Crippen molar-refractivity contribution >= 4 is 11.6 Å². The molecule has 0 radical (unpaired) electrons. The number of carbonyl (C=O) groups excluding carboxylic acids is 1. The summed E-state index contributed by atoms with van der Waals surface area (Å²) in [5, 5.41) is 28.0. The highest BCUT2D eigenvalue weighted by atomic mass is 19.1. The maximum absolute atomic E-state index is 13.2. The van der Waals surface area contributed by atoms with Gasteiger partial charge in [-0.3, -0.25) is 14.9 Å². The Morgan fingerprint density at radius 1 is 1.29 bits per heavy atom. The number of carbonyl (C=O) groups is 1. The molecule has 0 aromatic heterocycles. The van der Waals surface area contributed by atoms with Crippen molar-refractivity contribution in [3.8, 4) is 12.1 Å². The molecular weight excluding hydrogens is 279 g/mol. The average molecular weight is 290 g/mol. The van der Waals surface area contributed by atoms with Gasteiger partial charge in [-0.2, -0.15) is 10.5 Å². The predicted molar refractivity (Wildman–Crippen MR) is 69.4 cm³/mol. The molecule has 0 aliphatic heterocycles. The number of nitro benzene ring substituents is 1. The Labute approximate surface area is 120 Å². The van der Waals surface area contributed by atoms with E-state index in [1.54, 1.807) is 0 Å². The molecule has 0 aliphatic rings. The van der Waals surface area contributed by atoms with Gasteiger partial charge in [-0.1, -0.05) is 0 Å². The van der Waals surface area contributed by atoms with E-state index < -0.39 is 27.9 Å². The van der Waals surface area contributed by atoms with Crippen LogP contribution < -0.4 is 0 Å². The van der Waals surface area contributed by atoms with Crippen LogP contribution in [0.25, 0.3) is 0 Å². The van der Waals surface area contributed by atoms with Crippen LogP contribution in [0.2, 0.25) is 0 Å². The average Bonchev–Trinajstić information content (AvgIpc) is 2.46. The van der Waals surface area contributed by atoms with Crippen molar-refractivity contribution in [2.24, 2.45) is 0 Å². The largest absolute Gasteiger partial charge is 0.336 e. The maximum Gasteiger partial charge on any atom is 0.282 e. The third-order valence-electron chi connectivity index (χ3n) is 2.66. The number of benzene rings is 1. The highest BCUT2D eigenvalue weighted by molar-refractivity contribution is 5.98. The molecule has 0 unspecified atom stereocenters. The number of halogens is 1. The molecule has 1 amide bonds. The minimum Gasteiger partial charge on any atom is -0.336 e. The lowest BCUT2D eigenvalue weighted by atomic mass is 10.1. The first-order valence-corrected chi connectivity index (χ1v) is 5.98. The molecule has 0 atom stereocenters. The fourth-order valence-corrected chi connectivity index (χ4v) is 1.69. The van der Waals surface area contributed by atoms with Crippen LogP contribution in [0.3, 0.4) is 0 Å².